The lowest BCUT2D eigenvalue weighted by Gasteiger charge is -2.24. The number of benzene rings is 2. The molecule has 158 valence electrons. The lowest BCUT2D eigenvalue weighted by atomic mass is 9.87. The van der Waals surface area contributed by atoms with Crippen molar-refractivity contribution in [2.24, 2.45) is 11.6 Å². The van der Waals surface area contributed by atoms with Crippen molar-refractivity contribution >= 4 is 15.5 Å². The molecule has 0 heterocycles. The van der Waals surface area contributed by atoms with E-state index in [0.717, 1.165) is 16.7 Å². The highest BCUT2D eigenvalue weighted by atomic mass is 32.2. The summed E-state index contributed by atoms with van der Waals surface area (Å²) in [5.74, 6) is 6.78. The van der Waals surface area contributed by atoms with E-state index in [2.05, 4.69) is 20.8 Å². The smallest absolute Gasteiger partial charge is 0.223 e. The molecule has 0 spiro atoms. The third-order valence-electron chi connectivity index (χ3n) is 5.09. The first kappa shape index (κ1) is 22.8. The van der Waals surface area contributed by atoms with Gasteiger partial charge in [0.2, 0.25) is 9.84 Å². The van der Waals surface area contributed by atoms with E-state index in [1.54, 1.807) is 19.1 Å². The predicted molar refractivity (Wildman–Crippen MR) is 118 cm³/mol. The number of hydrogen-bond acceptors (Lipinski definition) is 6. The normalized spacial score (nSPS) is 13.1. The number of anilines is 1. The molecule has 0 unspecified atom stereocenters. The molecule has 7 heteroatoms. The topological polar surface area (TPSA) is 98.7 Å². The second-order valence-corrected chi connectivity index (χ2v) is 10.1. The maximum Gasteiger partial charge on any atom is 0.223 e. The molecule has 0 aromatic heterocycles. The van der Waals surface area contributed by atoms with Crippen LogP contribution in [-0.2, 0) is 15.3 Å². The molecule has 0 fully saturated rings. The molecule has 4 N–H and O–H groups in total. The van der Waals surface area contributed by atoms with E-state index in [1.807, 2.05) is 38.1 Å². The number of nitrogens with two attached hydrogens (primary N) is 2. The first-order valence-electron chi connectivity index (χ1n) is 9.32. The number of allylic oxidation sites excluding steroid dienone is 1. The van der Waals surface area contributed by atoms with E-state index < -0.39 is 9.84 Å². The zero-order valence-corrected chi connectivity index (χ0v) is 19.0. The van der Waals surface area contributed by atoms with Gasteiger partial charge in [0.1, 0.15) is 5.75 Å². The van der Waals surface area contributed by atoms with Crippen LogP contribution in [0.25, 0.3) is 0 Å². The maximum absolute atomic E-state index is 13.0. The van der Waals surface area contributed by atoms with Gasteiger partial charge in [0.15, 0.2) is 5.03 Å². The van der Waals surface area contributed by atoms with Gasteiger partial charge in [-0.15, -0.1) is 0 Å². The number of ether oxygens (including phenoxy) is 1. The molecule has 0 bridgehead atoms. The van der Waals surface area contributed by atoms with Gasteiger partial charge in [-0.05, 0) is 67.1 Å². The van der Waals surface area contributed by atoms with Crippen molar-refractivity contribution < 1.29 is 13.2 Å². The van der Waals surface area contributed by atoms with Crippen molar-refractivity contribution in [1.29, 1.82) is 0 Å². The van der Waals surface area contributed by atoms with Crippen LogP contribution >= 0.6 is 0 Å². The van der Waals surface area contributed by atoms with Crippen LogP contribution < -0.4 is 21.3 Å². The van der Waals surface area contributed by atoms with Crippen LogP contribution in [0.4, 0.5) is 5.69 Å². The Bertz CT molecular complexity index is 1030. The molecular weight excluding hydrogens is 386 g/mol. The highest BCUT2D eigenvalue weighted by Crippen LogP contribution is 2.33. The van der Waals surface area contributed by atoms with E-state index in [4.69, 9.17) is 16.3 Å². The van der Waals surface area contributed by atoms with Crippen LogP contribution in [0.5, 0.6) is 5.75 Å². The molecule has 29 heavy (non-hydrogen) atoms. The third-order valence-corrected chi connectivity index (χ3v) is 6.86. The van der Waals surface area contributed by atoms with E-state index in [-0.39, 0.29) is 21.0 Å². The van der Waals surface area contributed by atoms with Crippen LogP contribution in [0.2, 0.25) is 0 Å². The monoisotopic (exact) mass is 417 g/mol. The third kappa shape index (κ3) is 4.57. The molecule has 2 rings (SSSR count). The fourth-order valence-corrected chi connectivity index (χ4v) is 4.12. The van der Waals surface area contributed by atoms with Crippen molar-refractivity contribution in [3.63, 3.8) is 0 Å². The van der Waals surface area contributed by atoms with Crippen molar-refractivity contribution in [2.75, 3.05) is 12.1 Å². The molecule has 6 nitrogen and oxygen atoms in total. The summed E-state index contributed by atoms with van der Waals surface area (Å²) < 4.78 is 31.5. The van der Waals surface area contributed by atoms with Gasteiger partial charge >= 0.3 is 0 Å². The van der Waals surface area contributed by atoms with Crippen molar-refractivity contribution in [1.82, 2.24) is 0 Å². The second kappa shape index (κ2) is 8.08. The summed E-state index contributed by atoms with van der Waals surface area (Å²) in [7, 11) is -2.36. The number of nitrogens with zero attached hydrogens (tertiary/aromatic N) is 1. The fourth-order valence-electron chi connectivity index (χ4n) is 2.88. The molecule has 2 aromatic carbocycles. The first-order valence-corrected chi connectivity index (χ1v) is 10.8. The molecule has 2 aromatic rings. The highest BCUT2D eigenvalue weighted by molar-refractivity contribution is 7.95. The fraction of sp³-hybridized carbons (Fsp3) is 0.364. The summed E-state index contributed by atoms with van der Waals surface area (Å²) in [5.41, 5.74) is 9.84. The summed E-state index contributed by atoms with van der Waals surface area (Å²) >= 11 is 0. The molecule has 0 radical (unpaired) electrons. The zero-order valence-electron chi connectivity index (χ0n) is 18.2. The van der Waals surface area contributed by atoms with Gasteiger partial charge in [0, 0.05) is 0 Å². The van der Waals surface area contributed by atoms with E-state index in [9.17, 15) is 8.42 Å². The molecular formula is C22H31N3O3S. The summed E-state index contributed by atoms with van der Waals surface area (Å²) in [6.45, 7) is 11.7. The number of rotatable bonds is 5. The Labute approximate surface area is 174 Å². The lowest BCUT2D eigenvalue weighted by molar-refractivity contribution is 0.414. The number of methoxy groups -OCH3 is 1. The van der Waals surface area contributed by atoms with Crippen molar-refractivity contribution in [3.05, 3.63) is 63.8 Å². The Hall–Kier alpha value is -2.51. The average Bonchev–Trinajstić information content (AvgIpc) is 2.67. The Balaban J connectivity index is 2.50. The quantitative estimate of drug-likeness (QED) is 0.565. The van der Waals surface area contributed by atoms with Crippen molar-refractivity contribution in [3.8, 4) is 5.75 Å². The number of sulfone groups is 1. The molecule has 0 amide bonds. The van der Waals surface area contributed by atoms with Crippen LogP contribution in [-0.4, -0.2) is 15.5 Å². The minimum Gasteiger partial charge on any atom is -0.495 e. The van der Waals surface area contributed by atoms with Gasteiger partial charge in [0.25, 0.3) is 0 Å². The molecule has 0 saturated carbocycles. The number of hydrogen-bond donors (Lipinski definition) is 2. The van der Waals surface area contributed by atoms with E-state index in [0.29, 0.717) is 11.4 Å². The average molecular weight is 418 g/mol. The van der Waals surface area contributed by atoms with Crippen LogP contribution in [0.15, 0.2) is 52.0 Å². The molecule has 0 aliphatic heterocycles. The largest absolute Gasteiger partial charge is 0.495 e. The highest BCUT2D eigenvalue weighted by Gasteiger charge is 2.25. The lowest BCUT2D eigenvalue weighted by Crippen LogP contribution is -2.33. The van der Waals surface area contributed by atoms with Gasteiger partial charge in [0.05, 0.1) is 23.4 Å². The molecule has 0 atom stereocenters. The Morgan fingerprint density at radius 1 is 1.03 bits per heavy atom. The minimum atomic E-state index is -3.90. The van der Waals surface area contributed by atoms with Crippen molar-refractivity contribution in [2.45, 2.75) is 51.9 Å². The van der Waals surface area contributed by atoms with Gasteiger partial charge in [-0.1, -0.05) is 32.9 Å². The molecule has 0 aliphatic rings. The standard InChI is InChI=1S/C22H31N3O3S/c1-14-12-19(20(28-7)13-15(14)2)25(24)16(3)21(23)29(26,27)18-10-8-17(9-11-18)22(4,5)6/h8-13H,23-24H2,1-7H3/b21-16+. The van der Waals surface area contributed by atoms with E-state index >= 15 is 0 Å². The van der Waals surface area contributed by atoms with Crippen LogP contribution in [0.3, 0.4) is 0 Å². The van der Waals surface area contributed by atoms with Gasteiger partial charge in [-0.25, -0.2) is 14.3 Å². The SMILES string of the molecule is COc1cc(C)c(C)cc1N(N)/C(C)=C(\N)S(=O)(=O)c1ccc(C(C)(C)C)cc1. The Kier molecular flexibility index (Phi) is 6.35. The summed E-state index contributed by atoms with van der Waals surface area (Å²) in [5, 5.41) is 0.950. The Morgan fingerprint density at radius 2 is 1.55 bits per heavy atom. The first-order chi connectivity index (χ1) is 13.3. The number of aryl methyl sites for hydroxylation is 2. The van der Waals surface area contributed by atoms with Crippen LogP contribution in [0, 0.1) is 13.8 Å². The molecule has 0 aliphatic carbocycles. The van der Waals surface area contributed by atoms with Gasteiger partial charge in [-0.3, -0.25) is 5.01 Å². The summed E-state index contributed by atoms with van der Waals surface area (Å²) in [6, 6.07) is 10.5. The van der Waals surface area contributed by atoms with E-state index in [1.165, 1.54) is 12.1 Å². The predicted octanol–water partition coefficient (Wildman–Crippen LogP) is 3.91. The molecule has 0 saturated heterocycles. The second-order valence-electron chi connectivity index (χ2n) is 8.21. The maximum atomic E-state index is 13.0. The van der Waals surface area contributed by atoms with Crippen LogP contribution in [0.1, 0.15) is 44.4 Å². The van der Waals surface area contributed by atoms with Gasteiger partial charge in [-0.2, -0.15) is 0 Å². The summed E-state index contributed by atoms with van der Waals surface area (Å²) in [6.07, 6.45) is 0. The zero-order chi connectivity index (χ0) is 22.1. The Morgan fingerprint density at radius 3 is 2.03 bits per heavy atom. The van der Waals surface area contributed by atoms with Gasteiger partial charge < -0.3 is 10.5 Å². The minimum absolute atomic E-state index is 0.0759. The summed E-state index contributed by atoms with van der Waals surface area (Å²) in [4.78, 5) is 0.128. The number of hydrazine groups is 1.